The van der Waals surface area contributed by atoms with Crippen LogP contribution in [0.25, 0.3) is 0 Å². The van der Waals surface area contributed by atoms with Crippen LogP contribution >= 0.6 is 0 Å². The molecule has 7 heteroatoms. The van der Waals surface area contributed by atoms with Gasteiger partial charge in [0, 0.05) is 19.1 Å². The van der Waals surface area contributed by atoms with Crippen molar-refractivity contribution in [1.82, 2.24) is 15.8 Å². The number of nitrogens with one attached hydrogen (secondary N) is 3. The molecule has 1 aliphatic heterocycles. The van der Waals surface area contributed by atoms with Gasteiger partial charge in [0.1, 0.15) is 6.54 Å². The van der Waals surface area contributed by atoms with Crippen LogP contribution < -0.4 is 16.5 Å². The van der Waals surface area contributed by atoms with E-state index in [1.165, 1.54) is 0 Å². The highest BCUT2D eigenvalue weighted by atomic mass is 16.4. The number of aliphatic carboxylic acids is 1. The summed E-state index contributed by atoms with van der Waals surface area (Å²) in [5.74, 6) is -0.920. The van der Waals surface area contributed by atoms with E-state index in [2.05, 4.69) is 10.7 Å². The Hall–Kier alpha value is -1.34. The number of hydrogen-bond acceptors (Lipinski definition) is 4. The van der Waals surface area contributed by atoms with Gasteiger partial charge in [-0.15, -0.1) is 0 Å². The number of piperidine rings is 1. The minimum atomic E-state index is -0.878. The Bertz CT molecular complexity index is 245. The first-order valence-electron chi connectivity index (χ1n) is 4.88. The van der Waals surface area contributed by atoms with Gasteiger partial charge in [0.2, 0.25) is 0 Å². The van der Waals surface area contributed by atoms with Gasteiger partial charge in [0.05, 0.1) is 0 Å². The molecule has 1 unspecified atom stereocenters. The lowest BCUT2D eigenvalue weighted by Crippen LogP contribution is -2.54. The summed E-state index contributed by atoms with van der Waals surface area (Å²) in [6, 6.07) is 0.123. The highest BCUT2D eigenvalue weighted by Crippen LogP contribution is 2.07. The Balaban J connectivity index is 2.28. The van der Waals surface area contributed by atoms with Gasteiger partial charge in [0.15, 0.2) is 5.96 Å². The zero-order valence-corrected chi connectivity index (χ0v) is 8.49. The van der Waals surface area contributed by atoms with Crippen molar-refractivity contribution in [2.75, 3.05) is 19.6 Å². The third-order valence-electron chi connectivity index (χ3n) is 2.23. The van der Waals surface area contributed by atoms with Gasteiger partial charge in [-0.2, -0.15) is 0 Å². The molecule has 1 fully saturated rings. The maximum Gasteiger partial charge on any atom is 0.318 e. The van der Waals surface area contributed by atoms with Gasteiger partial charge in [-0.3, -0.25) is 10.2 Å². The Morgan fingerprint density at radius 3 is 3.00 bits per heavy atom. The molecule has 0 bridgehead atoms. The van der Waals surface area contributed by atoms with E-state index >= 15 is 0 Å². The summed E-state index contributed by atoms with van der Waals surface area (Å²) >= 11 is 0. The first-order valence-corrected chi connectivity index (χ1v) is 4.88. The number of carbonyl (C=O) groups is 1. The lowest BCUT2D eigenvalue weighted by atomic mass is 10.1. The molecule has 15 heavy (non-hydrogen) atoms. The zero-order valence-electron chi connectivity index (χ0n) is 8.49. The predicted molar refractivity (Wildman–Crippen MR) is 55.3 cm³/mol. The number of hydrazine groups is 1. The van der Waals surface area contributed by atoms with Crippen LogP contribution in [0.2, 0.25) is 0 Å². The minimum absolute atomic E-state index is 0.0416. The summed E-state index contributed by atoms with van der Waals surface area (Å²) in [5, 5.41) is 20.3. The molecule has 1 heterocycles. The van der Waals surface area contributed by atoms with E-state index in [9.17, 15) is 4.79 Å². The average molecular weight is 215 g/mol. The number of nitrogens with two attached hydrogens (primary N) is 1. The SMILES string of the molecule is N=C(N)NC1CCCN(NCC(=O)O)C1. The Morgan fingerprint density at radius 1 is 1.67 bits per heavy atom. The molecule has 1 atom stereocenters. The maximum atomic E-state index is 10.3. The van der Waals surface area contributed by atoms with Gasteiger partial charge < -0.3 is 16.2 Å². The number of guanidine groups is 1. The molecule has 1 saturated heterocycles. The Morgan fingerprint density at radius 2 is 2.40 bits per heavy atom. The summed E-state index contributed by atoms with van der Waals surface area (Å²) < 4.78 is 0. The van der Waals surface area contributed by atoms with E-state index in [4.69, 9.17) is 16.2 Å². The molecule has 0 aromatic rings. The number of rotatable bonds is 4. The molecule has 0 aromatic heterocycles. The van der Waals surface area contributed by atoms with Crippen LogP contribution in [0.15, 0.2) is 0 Å². The van der Waals surface area contributed by atoms with E-state index in [0.29, 0.717) is 6.54 Å². The lowest BCUT2D eigenvalue weighted by molar-refractivity contribution is -0.137. The second-order valence-corrected chi connectivity index (χ2v) is 3.57. The van der Waals surface area contributed by atoms with E-state index in [0.717, 1.165) is 19.4 Å². The number of carboxylic acids is 1. The van der Waals surface area contributed by atoms with Crippen molar-refractivity contribution in [3.63, 3.8) is 0 Å². The fraction of sp³-hybridized carbons (Fsp3) is 0.750. The van der Waals surface area contributed by atoms with Gasteiger partial charge in [0.25, 0.3) is 0 Å². The fourth-order valence-electron chi connectivity index (χ4n) is 1.64. The zero-order chi connectivity index (χ0) is 11.3. The summed E-state index contributed by atoms with van der Waals surface area (Å²) in [6.07, 6.45) is 1.91. The summed E-state index contributed by atoms with van der Waals surface area (Å²) in [7, 11) is 0. The largest absolute Gasteiger partial charge is 0.480 e. The van der Waals surface area contributed by atoms with E-state index in [1.54, 1.807) is 0 Å². The molecule has 1 rings (SSSR count). The first-order chi connectivity index (χ1) is 7.08. The van der Waals surface area contributed by atoms with Crippen molar-refractivity contribution in [3.8, 4) is 0 Å². The standard InChI is InChI=1S/C8H17N5O2/c9-8(10)12-6-2-1-3-13(5-6)11-4-7(14)15/h6,11H,1-5H2,(H,14,15)(H4,9,10,12). The van der Waals surface area contributed by atoms with Crippen molar-refractivity contribution >= 4 is 11.9 Å². The van der Waals surface area contributed by atoms with Crippen molar-refractivity contribution in [3.05, 3.63) is 0 Å². The van der Waals surface area contributed by atoms with Crippen molar-refractivity contribution in [2.24, 2.45) is 5.73 Å². The molecule has 0 aliphatic carbocycles. The average Bonchev–Trinajstić information content (AvgIpc) is 2.14. The molecule has 0 spiro atoms. The van der Waals surface area contributed by atoms with Crippen LogP contribution in [0.4, 0.5) is 0 Å². The quantitative estimate of drug-likeness (QED) is 0.289. The predicted octanol–water partition coefficient (Wildman–Crippen LogP) is -1.48. The van der Waals surface area contributed by atoms with Gasteiger partial charge in [-0.1, -0.05) is 0 Å². The van der Waals surface area contributed by atoms with Crippen molar-refractivity contribution in [1.29, 1.82) is 5.41 Å². The Labute approximate surface area is 88.1 Å². The highest BCUT2D eigenvalue weighted by Gasteiger charge is 2.19. The van der Waals surface area contributed by atoms with Crippen LogP contribution in [0.5, 0.6) is 0 Å². The van der Waals surface area contributed by atoms with Crippen molar-refractivity contribution in [2.45, 2.75) is 18.9 Å². The molecular weight excluding hydrogens is 198 g/mol. The van der Waals surface area contributed by atoms with Crippen molar-refractivity contribution < 1.29 is 9.90 Å². The molecular formula is C8H17N5O2. The van der Waals surface area contributed by atoms with E-state index in [-0.39, 0.29) is 18.5 Å². The van der Waals surface area contributed by atoms with Crippen LogP contribution in [0.1, 0.15) is 12.8 Å². The monoisotopic (exact) mass is 215 g/mol. The number of carboxylic acid groups (broad SMARTS) is 1. The molecule has 7 nitrogen and oxygen atoms in total. The smallest absolute Gasteiger partial charge is 0.318 e. The normalized spacial score (nSPS) is 22.3. The molecule has 86 valence electrons. The highest BCUT2D eigenvalue weighted by molar-refractivity contribution is 5.74. The minimum Gasteiger partial charge on any atom is -0.480 e. The molecule has 1 aliphatic rings. The summed E-state index contributed by atoms with van der Waals surface area (Å²) in [5.41, 5.74) is 8.04. The van der Waals surface area contributed by atoms with Crippen LogP contribution in [-0.2, 0) is 4.79 Å². The third-order valence-corrected chi connectivity index (χ3v) is 2.23. The van der Waals surface area contributed by atoms with Crippen LogP contribution in [0.3, 0.4) is 0 Å². The molecule has 0 amide bonds. The fourth-order valence-corrected chi connectivity index (χ4v) is 1.64. The van der Waals surface area contributed by atoms with Gasteiger partial charge >= 0.3 is 5.97 Å². The summed E-state index contributed by atoms with van der Waals surface area (Å²) in [4.78, 5) is 10.3. The van der Waals surface area contributed by atoms with Gasteiger partial charge in [-0.05, 0) is 12.8 Å². The third kappa shape index (κ3) is 4.61. The second kappa shape index (κ2) is 5.52. The van der Waals surface area contributed by atoms with E-state index < -0.39 is 5.97 Å². The van der Waals surface area contributed by atoms with E-state index in [1.807, 2.05) is 5.01 Å². The Kier molecular flexibility index (Phi) is 4.32. The molecule has 6 N–H and O–H groups in total. The maximum absolute atomic E-state index is 10.3. The first kappa shape index (κ1) is 11.7. The van der Waals surface area contributed by atoms with Crippen LogP contribution in [-0.4, -0.2) is 47.7 Å². The number of nitrogens with zero attached hydrogens (tertiary/aromatic N) is 1. The molecule has 0 saturated carbocycles. The number of hydrogen-bond donors (Lipinski definition) is 5. The second-order valence-electron chi connectivity index (χ2n) is 3.57. The molecule has 0 aromatic carbocycles. The lowest BCUT2D eigenvalue weighted by Gasteiger charge is -2.32. The van der Waals surface area contributed by atoms with Crippen LogP contribution in [0, 0.1) is 5.41 Å². The summed E-state index contributed by atoms with van der Waals surface area (Å²) in [6.45, 7) is 1.41. The topological polar surface area (TPSA) is 114 Å². The van der Waals surface area contributed by atoms with Gasteiger partial charge in [-0.25, -0.2) is 10.4 Å². The molecule has 0 radical (unpaired) electrons.